The van der Waals surface area contributed by atoms with E-state index in [0.717, 1.165) is 5.75 Å². The zero-order valence-corrected chi connectivity index (χ0v) is 12.5. The maximum absolute atomic E-state index is 11.8. The van der Waals surface area contributed by atoms with Gasteiger partial charge in [0.25, 0.3) is 0 Å². The molecule has 1 aliphatic rings. The number of thiazole rings is 1. The molecular formula is C15H17N3O2S. The summed E-state index contributed by atoms with van der Waals surface area (Å²) in [6.45, 7) is 2.99. The van der Waals surface area contributed by atoms with E-state index >= 15 is 0 Å². The highest BCUT2D eigenvalue weighted by Gasteiger charge is 2.28. The zero-order valence-electron chi connectivity index (χ0n) is 11.7. The Bertz CT molecular complexity index is 615. The number of carbonyl (C=O) groups excluding carboxylic acids is 1. The number of ether oxygens (including phenoxy) is 1. The first-order valence-electron chi connectivity index (χ1n) is 6.88. The van der Waals surface area contributed by atoms with Crippen molar-refractivity contribution in [2.45, 2.75) is 18.9 Å². The largest absolute Gasteiger partial charge is 0.493 e. The van der Waals surface area contributed by atoms with E-state index in [-0.39, 0.29) is 24.4 Å². The van der Waals surface area contributed by atoms with Gasteiger partial charge in [0.15, 0.2) is 5.13 Å². The summed E-state index contributed by atoms with van der Waals surface area (Å²) in [6, 6.07) is 8.22. The highest BCUT2D eigenvalue weighted by Crippen LogP contribution is 2.35. The second kappa shape index (κ2) is 6.24. The fourth-order valence-electron chi connectivity index (χ4n) is 2.45. The SMILES string of the molecule is CC(NCC(=O)Nc1nccs1)C1COc2ccccc21. The lowest BCUT2D eigenvalue weighted by Crippen LogP contribution is -2.38. The van der Waals surface area contributed by atoms with Crippen LogP contribution in [0.1, 0.15) is 18.4 Å². The number of carbonyl (C=O) groups is 1. The average Bonchev–Trinajstić information content (AvgIpc) is 3.13. The lowest BCUT2D eigenvalue weighted by molar-refractivity contribution is -0.115. The number of fused-ring (bicyclic) bond motifs is 1. The summed E-state index contributed by atoms with van der Waals surface area (Å²) in [5.41, 5.74) is 1.21. The molecule has 2 atom stereocenters. The zero-order chi connectivity index (χ0) is 14.7. The van der Waals surface area contributed by atoms with Crippen LogP contribution in [0.2, 0.25) is 0 Å². The van der Waals surface area contributed by atoms with Crippen LogP contribution >= 0.6 is 11.3 Å². The number of hydrogen-bond donors (Lipinski definition) is 2. The summed E-state index contributed by atoms with van der Waals surface area (Å²) >= 11 is 1.41. The molecular weight excluding hydrogens is 286 g/mol. The molecule has 2 N–H and O–H groups in total. The van der Waals surface area contributed by atoms with Crippen molar-refractivity contribution in [3.05, 3.63) is 41.4 Å². The van der Waals surface area contributed by atoms with E-state index in [9.17, 15) is 4.79 Å². The number of anilines is 1. The quantitative estimate of drug-likeness (QED) is 0.889. The number of nitrogens with one attached hydrogen (secondary N) is 2. The third-order valence-corrected chi connectivity index (χ3v) is 4.29. The van der Waals surface area contributed by atoms with Crippen molar-refractivity contribution in [1.29, 1.82) is 0 Å². The molecule has 0 fully saturated rings. The minimum absolute atomic E-state index is 0.0796. The van der Waals surface area contributed by atoms with Crippen molar-refractivity contribution in [1.82, 2.24) is 10.3 Å². The lowest BCUT2D eigenvalue weighted by Gasteiger charge is -2.19. The Hall–Kier alpha value is -1.92. The average molecular weight is 303 g/mol. The van der Waals surface area contributed by atoms with Gasteiger partial charge in [-0.2, -0.15) is 0 Å². The van der Waals surface area contributed by atoms with Crippen LogP contribution in [0.3, 0.4) is 0 Å². The molecule has 2 heterocycles. The Balaban J connectivity index is 1.53. The van der Waals surface area contributed by atoms with Gasteiger partial charge in [0.2, 0.25) is 5.91 Å². The molecule has 2 unspecified atom stereocenters. The summed E-state index contributed by atoms with van der Waals surface area (Å²) in [7, 11) is 0. The molecule has 0 saturated heterocycles. The van der Waals surface area contributed by atoms with Gasteiger partial charge in [-0.15, -0.1) is 11.3 Å². The normalized spacial score (nSPS) is 17.9. The predicted molar refractivity (Wildman–Crippen MR) is 82.9 cm³/mol. The van der Waals surface area contributed by atoms with E-state index in [1.165, 1.54) is 16.9 Å². The molecule has 0 saturated carbocycles. The van der Waals surface area contributed by atoms with Crippen LogP contribution in [0, 0.1) is 0 Å². The molecule has 1 aromatic carbocycles. The van der Waals surface area contributed by atoms with Crippen LogP contribution in [-0.4, -0.2) is 30.1 Å². The maximum atomic E-state index is 11.8. The molecule has 6 heteroatoms. The van der Waals surface area contributed by atoms with Crippen molar-refractivity contribution >= 4 is 22.4 Å². The van der Waals surface area contributed by atoms with Crippen molar-refractivity contribution in [3.63, 3.8) is 0 Å². The lowest BCUT2D eigenvalue weighted by atomic mass is 9.94. The number of hydrogen-bond acceptors (Lipinski definition) is 5. The highest BCUT2D eigenvalue weighted by molar-refractivity contribution is 7.13. The third-order valence-electron chi connectivity index (χ3n) is 3.60. The Labute approximate surface area is 127 Å². The summed E-state index contributed by atoms with van der Waals surface area (Å²) in [4.78, 5) is 15.9. The molecule has 1 aromatic heterocycles. The van der Waals surface area contributed by atoms with Gasteiger partial charge in [0, 0.05) is 29.1 Å². The van der Waals surface area contributed by atoms with Crippen LogP contribution in [0.5, 0.6) is 5.75 Å². The Morgan fingerprint density at radius 2 is 2.38 bits per heavy atom. The third kappa shape index (κ3) is 3.22. The van der Waals surface area contributed by atoms with E-state index in [4.69, 9.17) is 4.74 Å². The summed E-state index contributed by atoms with van der Waals surface area (Å²) < 4.78 is 5.68. The fourth-order valence-corrected chi connectivity index (χ4v) is 2.99. The highest BCUT2D eigenvalue weighted by atomic mass is 32.1. The topological polar surface area (TPSA) is 63.2 Å². The molecule has 1 aliphatic heterocycles. The molecule has 1 amide bonds. The number of amides is 1. The van der Waals surface area contributed by atoms with Crippen LogP contribution in [0.25, 0.3) is 0 Å². The first-order chi connectivity index (χ1) is 10.2. The van der Waals surface area contributed by atoms with Gasteiger partial charge in [0.05, 0.1) is 13.2 Å². The van der Waals surface area contributed by atoms with Crippen molar-refractivity contribution in [2.24, 2.45) is 0 Å². The van der Waals surface area contributed by atoms with Crippen LogP contribution in [0.4, 0.5) is 5.13 Å². The minimum atomic E-state index is -0.0796. The second-order valence-corrected chi connectivity index (χ2v) is 5.90. The molecule has 2 aromatic rings. The van der Waals surface area contributed by atoms with Crippen molar-refractivity contribution in [2.75, 3.05) is 18.5 Å². The number of aromatic nitrogens is 1. The molecule has 21 heavy (non-hydrogen) atoms. The number of rotatable bonds is 5. The molecule has 3 rings (SSSR count). The Kier molecular flexibility index (Phi) is 4.17. The van der Waals surface area contributed by atoms with Gasteiger partial charge in [-0.1, -0.05) is 18.2 Å². The van der Waals surface area contributed by atoms with E-state index in [1.54, 1.807) is 6.20 Å². The van der Waals surface area contributed by atoms with Gasteiger partial charge in [-0.3, -0.25) is 4.79 Å². The van der Waals surface area contributed by atoms with Gasteiger partial charge < -0.3 is 15.4 Å². The van der Waals surface area contributed by atoms with Crippen LogP contribution in [0.15, 0.2) is 35.8 Å². The summed E-state index contributed by atoms with van der Waals surface area (Å²) in [5.74, 6) is 1.14. The summed E-state index contributed by atoms with van der Waals surface area (Å²) in [6.07, 6.45) is 1.67. The molecule has 0 spiro atoms. The van der Waals surface area contributed by atoms with Crippen LogP contribution in [-0.2, 0) is 4.79 Å². The van der Waals surface area contributed by atoms with Gasteiger partial charge >= 0.3 is 0 Å². The van der Waals surface area contributed by atoms with Gasteiger partial charge in [-0.05, 0) is 13.0 Å². The van der Waals surface area contributed by atoms with Crippen molar-refractivity contribution in [3.8, 4) is 5.75 Å². The molecule has 0 radical (unpaired) electrons. The van der Waals surface area contributed by atoms with Gasteiger partial charge in [-0.25, -0.2) is 4.98 Å². The van der Waals surface area contributed by atoms with Crippen molar-refractivity contribution < 1.29 is 9.53 Å². The Morgan fingerprint density at radius 1 is 1.52 bits per heavy atom. The summed E-state index contributed by atoms with van der Waals surface area (Å²) in [5, 5.41) is 8.48. The molecule has 110 valence electrons. The maximum Gasteiger partial charge on any atom is 0.240 e. The Morgan fingerprint density at radius 3 is 3.19 bits per heavy atom. The van der Waals surface area contributed by atoms with Crippen LogP contribution < -0.4 is 15.4 Å². The molecule has 0 bridgehead atoms. The van der Waals surface area contributed by atoms with E-state index in [0.29, 0.717) is 11.7 Å². The second-order valence-electron chi connectivity index (χ2n) is 5.01. The predicted octanol–water partition coefficient (Wildman–Crippen LogP) is 2.24. The number of nitrogens with zero attached hydrogens (tertiary/aromatic N) is 1. The van der Waals surface area contributed by atoms with E-state index < -0.39 is 0 Å². The van der Waals surface area contributed by atoms with E-state index in [1.807, 2.05) is 23.6 Å². The fraction of sp³-hybridized carbons (Fsp3) is 0.333. The smallest absolute Gasteiger partial charge is 0.240 e. The monoisotopic (exact) mass is 303 g/mol. The molecule has 5 nitrogen and oxygen atoms in total. The van der Waals surface area contributed by atoms with E-state index in [2.05, 4.69) is 28.6 Å². The number of benzene rings is 1. The minimum Gasteiger partial charge on any atom is -0.493 e. The standard InChI is InChI=1S/C15H17N3O2S/c1-10(12-9-20-13-5-3-2-4-11(12)13)17-8-14(19)18-15-16-6-7-21-15/h2-7,10,12,17H,8-9H2,1H3,(H,16,18,19). The molecule has 0 aliphatic carbocycles. The number of para-hydroxylation sites is 1. The first kappa shape index (κ1) is 14.0. The van der Waals surface area contributed by atoms with Gasteiger partial charge in [0.1, 0.15) is 5.75 Å². The first-order valence-corrected chi connectivity index (χ1v) is 7.76.